The summed E-state index contributed by atoms with van der Waals surface area (Å²) in [6.07, 6.45) is 1.11. The highest BCUT2D eigenvalue weighted by Crippen LogP contribution is 2.35. The van der Waals surface area contributed by atoms with Crippen molar-refractivity contribution in [3.63, 3.8) is 0 Å². The summed E-state index contributed by atoms with van der Waals surface area (Å²) in [5, 5.41) is 0. The number of ether oxygens (including phenoxy) is 1. The molecule has 0 aromatic heterocycles. The zero-order valence-corrected chi connectivity index (χ0v) is 14.8. The van der Waals surface area contributed by atoms with Gasteiger partial charge < -0.3 is 4.74 Å². The van der Waals surface area contributed by atoms with E-state index in [0.29, 0.717) is 11.3 Å². The summed E-state index contributed by atoms with van der Waals surface area (Å²) in [5.41, 5.74) is 4.73. The molecule has 0 heterocycles. The van der Waals surface area contributed by atoms with Crippen molar-refractivity contribution in [1.29, 1.82) is 0 Å². The molecule has 1 aromatic rings. The topological polar surface area (TPSA) is 9.23 Å². The Balaban J connectivity index is 3.26. The molecule has 1 rings (SSSR count). The second-order valence-electron chi connectivity index (χ2n) is 8.18. The fourth-order valence-corrected chi connectivity index (χ4v) is 2.49. The molecule has 0 fully saturated rings. The smallest absolute Gasteiger partial charge is 0.119 e. The van der Waals surface area contributed by atoms with E-state index in [-0.39, 0.29) is 5.41 Å². The van der Waals surface area contributed by atoms with Crippen molar-refractivity contribution in [2.24, 2.45) is 11.3 Å². The summed E-state index contributed by atoms with van der Waals surface area (Å²) in [6, 6.07) is 4.41. The SMILES string of the molecule is COc1cc(CC(C)C(C)(C)C)c(C)c(C(C)(C)C)c1. The maximum atomic E-state index is 5.51. The first-order chi connectivity index (χ1) is 8.96. The minimum Gasteiger partial charge on any atom is -0.497 e. The Morgan fingerprint density at radius 2 is 1.60 bits per heavy atom. The Hall–Kier alpha value is -0.980. The van der Waals surface area contributed by atoms with Crippen LogP contribution in [0, 0.1) is 18.3 Å². The molecule has 0 aliphatic rings. The van der Waals surface area contributed by atoms with E-state index in [1.165, 1.54) is 16.7 Å². The highest BCUT2D eigenvalue weighted by Gasteiger charge is 2.24. The highest BCUT2D eigenvalue weighted by atomic mass is 16.5. The first-order valence-electron chi connectivity index (χ1n) is 7.64. The largest absolute Gasteiger partial charge is 0.497 e. The predicted molar refractivity (Wildman–Crippen MR) is 88.8 cm³/mol. The van der Waals surface area contributed by atoms with Crippen LogP contribution >= 0.6 is 0 Å². The van der Waals surface area contributed by atoms with E-state index < -0.39 is 0 Å². The first-order valence-corrected chi connectivity index (χ1v) is 7.64. The van der Waals surface area contributed by atoms with Crippen LogP contribution in [-0.2, 0) is 11.8 Å². The van der Waals surface area contributed by atoms with Crippen molar-refractivity contribution in [2.45, 2.75) is 67.2 Å². The van der Waals surface area contributed by atoms with Gasteiger partial charge in [-0.2, -0.15) is 0 Å². The third kappa shape index (κ3) is 4.01. The zero-order chi connectivity index (χ0) is 15.7. The molecule has 0 spiro atoms. The van der Waals surface area contributed by atoms with Crippen LogP contribution in [0.25, 0.3) is 0 Å². The lowest BCUT2D eigenvalue weighted by atomic mass is 9.76. The van der Waals surface area contributed by atoms with E-state index in [1.807, 2.05) is 0 Å². The average Bonchev–Trinajstić information content (AvgIpc) is 2.28. The molecule has 1 atom stereocenters. The molecular weight excluding hydrogens is 244 g/mol. The molecular formula is C19H32O. The molecule has 0 radical (unpaired) electrons. The molecule has 0 saturated carbocycles. The maximum absolute atomic E-state index is 5.51. The van der Waals surface area contributed by atoms with Gasteiger partial charge in [-0.1, -0.05) is 48.5 Å². The Morgan fingerprint density at radius 1 is 1.05 bits per heavy atom. The standard InChI is InChI=1S/C19H32O/c1-13(18(3,4)5)10-15-11-16(20-9)12-17(14(15)2)19(6,7)8/h11-13H,10H2,1-9H3. The molecule has 20 heavy (non-hydrogen) atoms. The molecule has 0 amide bonds. The number of hydrogen-bond donors (Lipinski definition) is 0. The van der Waals surface area contributed by atoms with Crippen LogP contribution in [0.3, 0.4) is 0 Å². The number of methoxy groups -OCH3 is 1. The van der Waals surface area contributed by atoms with Gasteiger partial charge >= 0.3 is 0 Å². The van der Waals surface area contributed by atoms with Gasteiger partial charge in [-0.05, 0) is 58.9 Å². The van der Waals surface area contributed by atoms with Gasteiger partial charge in [0, 0.05) is 0 Å². The van der Waals surface area contributed by atoms with Gasteiger partial charge in [0.1, 0.15) is 5.75 Å². The zero-order valence-electron chi connectivity index (χ0n) is 14.8. The van der Waals surface area contributed by atoms with E-state index in [9.17, 15) is 0 Å². The quantitative estimate of drug-likeness (QED) is 0.705. The predicted octanol–water partition coefficient (Wildman–Crippen LogP) is 5.53. The molecule has 1 heteroatoms. The van der Waals surface area contributed by atoms with Crippen LogP contribution < -0.4 is 4.74 Å². The van der Waals surface area contributed by atoms with E-state index >= 15 is 0 Å². The van der Waals surface area contributed by atoms with Gasteiger partial charge in [-0.25, -0.2) is 0 Å². The minimum atomic E-state index is 0.151. The summed E-state index contributed by atoms with van der Waals surface area (Å²) in [4.78, 5) is 0. The van der Waals surface area contributed by atoms with Gasteiger partial charge in [-0.15, -0.1) is 0 Å². The van der Waals surface area contributed by atoms with E-state index in [0.717, 1.165) is 12.2 Å². The van der Waals surface area contributed by atoms with Crippen molar-refractivity contribution in [3.05, 3.63) is 28.8 Å². The molecule has 0 saturated heterocycles. The van der Waals surface area contributed by atoms with E-state index in [4.69, 9.17) is 4.74 Å². The first kappa shape index (κ1) is 17.1. The lowest BCUT2D eigenvalue weighted by Crippen LogP contribution is -2.21. The molecule has 1 aromatic carbocycles. The lowest BCUT2D eigenvalue weighted by Gasteiger charge is -2.30. The van der Waals surface area contributed by atoms with Crippen molar-refractivity contribution in [3.8, 4) is 5.75 Å². The van der Waals surface area contributed by atoms with Crippen LogP contribution in [0.4, 0.5) is 0 Å². The molecule has 0 aliphatic heterocycles. The normalized spacial score (nSPS) is 14.2. The summed E-state index contributed by atoms with van der Waals surface area (Å²) >= 11 is 0. The minimum absolute atomic E-state index is 0.151. The van der Waals surface area contributed by atoms with E-state index in [2.05, 4.69) is 67.5 Å². The second kappa shape index (κ2) is 5.79. The van der Waals surface area contributed by atoms with Gasteiger partial charge in [0.05, 0.1) is 7.11 Å². The Labute approximate surface area is 125 Å². The third-order valence-electron chi connectivity index (χ3n) is 4.54. The highest BCUT2D eigenvalue weighted by molar-refractivity contribution is 5.45. The fraction of sp³-hybridized carbons (Fsp3) is 0.684. The monoisotopic (exact) mass is 276 g/mol. The molecule has 0 aliphatic carbocycles. The van der Waals surface area contributed by atoms with Crippen molar-refractivity contribution < 1.29 is 4.74 Å². The summed E-state index contributed by atoms with van der Waals surface area (Å²) in [7, 11) is 1.76. The molecule has 1 nitrogen and oxygen atoms in total. The van der Waals surface area contributed by atoms with Crippen molar-refractivity contribution in [1.82, 2.24) is 0 Å². The van der Waals surface area contributed by atoms with Gasteiger partial charge in [-0.3, -0.25) is 0 Å². The van der Waals surface area contributed by atoms with Gasteiger partial charge in [0.25, 0.3) is 0 Å². The van der Waals surface area contributed by atoms with Crippen LogP contribution in [0.15, 0.2) is 12.1 Å². The van der Waals surface area contributed by atoms with E-state index in [1.54, 1.807) is 7.11 Å². The Kier molecular flexibility index (Phi) is 4.94. The summed E-state index contributed by atoms with van der Waals surface area (Å²) in [5.74, 6) is 1.62. The van der Waals surface area contributed by atoms with Crippen molar-refractivity contribution >= 4 is 0 Å². The molecule has 1 unspecified atom stereocenters. The fourth-order valence-electron chi connectivity index (χ4n) is 2.49. The van der Waals surface area contributed by atoms with Crippen molar-refractivity contribution in [2.75, 3.05) is 7.11 Å². The lowest BCUT2D eigenvalue weighted by molar-refractivity contribution is 0.259. The van der Waals surface area contributed by atoms with Crippen LogP contribution in [-0.4, -0.2) is 7.11 Å². The van der Waals surface area contributed by atoms with Crippen LogP contribution in [0.1, 0.15) is 65.2 Å². The van der Waals surface area contributed by atoms with Crippen LogP contribution in [0.5, 0.6) is 5.75 Å². The average molecular weight is 276 g/mol. The Bertz CT molecular complexity index is 458. The third-order valence-corrected chi connectivity index (χ3v) is 4.54. The maximum Gasteiger partial charge on any atom is 0.119 e. The second-order valence-corrected chi connectivity index (χ2v) is 8.18. The van der Waals surface area contributed by atoms with Gasteiger partial charge in [0.15, 0.2) is 0 Å². The number of hydrogen-bond acceptors (Lipinski definition) is 1. The van der Waals surface area contributed by atoms with Crippen LogP contribution in [0.2, 0.25) is 0 Å². The molecule has 114 valence electrons. The summed E-state index contributed by atoms with van der Waals surface area (Å²) < 4.78 is 5.51. The number of rotatable bonds is 3. The molecule has 0 N–H and O–H groups in total. The number of benzene rings is 1. The van der Waals surface area contributed by atoms with Gasteiger partial charge in [0.2, 0.25) is 0 Å². The summed E-state index contributed by atoms with van der Waals surface area (Å²) in [6.45, 7) is 18.4. The molecule has 0 bridgehead atoms. The Morgan fingerprint density at radius 3 is 2.00 bits per heavy atom.